The summed E-state index contributed by atoms with van der Waals surface area (Å²) in [5.41, 5.74) is 1.20. The van der Waals surface area contributed by atoms with Gasteiger partial charge >= 0.3 is 0 Å². The van der Waals surface area contributed by atoms with Crippen LogP contribution < -0.4 is 4.74 Å². The van der Waals surface area contributed by atoms with Crippen LogP contribution in [0.25, 0.3) is 0 Å². The lowest BCUT2D eigenvalue weighted by atomic mass is 10.2. The zero-order valence-electron chi connectivity index (χ0n) is 6.92. The van der Waals surface area contributed by atoms with E-state index in [0.717, 1.165) is 12.4 Å². The molecule has 2 nitrogen and oxygen atoms in total. The highest BCUT2D eigenvalue weighted by molar-refractivity contribution is 5.31. The van der Waals surface area contributed by atoms with Gasteiger partial charge < -0.3 is 10.2 Å². The van der Waals surface area contributed by atoms with Crippen molar-refractivity contribution in [3.05, 3.63) is 29.8 Å². The van der Waals surface area contributed by atoms with E-state index < -0.39 is 0 Å². The third-order valence-electron chi connectivity index (χ3n) is 1.39. The fourth-order valence-corrected chi connectivity index (χ4v) is 0.874. The van der Waals surface area contributed by atoms with Gasteiger partial charge in [-0.2, -0.15) is 0 Å². The first-order valence-corrected chi connectivity index (χ1v) is 3.53. The molecule has 1 aromatic carbocycles. The molecule has 0 fully saturated rings. The molecule has 0 radical (unpaired) electrons. The highest BCUT2D eigenvalue weighted by Gasteiger charge is 1.93. The van der Waals surface area contributed by atoms with Gasteiger partial charge in [0, 0.05) is 0 Å². The first kappa shape index (κ1) is 9.98. The summed E-state index contributed by atoms with van der Waals surface area (Å²) < 4.78 is 5.34. The van der Waals surface area contributed by atoms with E-state index in [1.54, 1.807) is 0 Å². The Morgan fingerprint density at radius 1 is 1.27 bits per heavy atom. The molecule has 11 heavy (non-hydrogen) atoms. The number of hydrogen-bond donors (Lipinski definition) is 0. The average Bonchev–Trinajstić information content (AvgIpc) is 1.94. The second kappa shape index (κ2) is 4.74. The van der Waals surface area contributed by atoms with E-state index >= 15 is 0 Å². The summed E-state index contributed by atoms with van der Waals surface area (Å²) in [6, 6.07) is 8.03. The minimum absolute atomic E-state index is 0. The number of para-hydroxylation sites is 1. The Morgan fingerprint density at radius 2 is 1.91 bits per heavy atom. The molecule has 0 aliphatic rings. The Bertz CT molecular complexity index is 208. The summed E-state index contributed by atoms with van der Waals surface area (Å²) in [7, 11) is 0. The smallest absolute Gasteiger partial charge is 0.122 e. The summed E-state index contributed by atoms with van der Waals surface area (Å²) in [6.07, 6.45) is 0. The third-order valence-corrected chi connectivity index (χ3v) is 1.39. The van der Waals surface area contributed by atoms with Gasteiger partial charge in [-0.25, -0.2) is 0 Å². The van der Waals surface area contributed by atoms with Crippen LogP contribution in [0.3, 0.4) is 0 Å². The topological polar surface area (TPSA) is 40.7 Å². The zero-order valence-corrected chi connectivity index (χ0v) is 6.92. The summed E-state index contributed by atoms with van der Waals surface area (Å²) in [4.78, 5) is 0. The molecule has 62 valence electrons. The standard InChI is InChI=1S/C9H12O.H2O/c1-3-10-9-7-5-4-6-8(9)2;/h4-7H,3H2,1-2H3;1H2. The number of aryl methyl sites for hydroxylation is 1. The van der Waals surface area contributed by atoms with Crippen molar-refractivity contribution >= 4 is 0 Å². The molecule has 0 spiro atoms. The van der Waals surface area contributed by atoms with Crippen molar-refractivity contribution in [2.75, 3.05) is 6.61 Å². The van der Waals surface area contributed by atoms with E-state index in [0.29, 0.717) is 0 Å². The van der Waals surface area contributed by atoms with E-state index in [4.69, 9.17) is 4.74 Å². The molecule has 1 rings (SSSR count). The van der Waals surface area contributed by atoms with Gasteiger partial charge in [-0.05, 0) is 25.5 Å². The Kier molecular flexibility index (Phi) is 4.30. The van der Waals surface area contributed by atoms with Crippen LogP contribution in [0, 0.1) is 6.92 Å². The van der Waals surface area contributed by atoms with Crippen molar-refractivity contribution in [3.63, 3.8) is 0 Å². The predicted octanol–water partition coefficient (Wildman–Crippen LogP) is 1.57. The van der Waals surface area contributed by atoms with E-state index in [1.807, 2.05) is 38.1 Å². The lowest BCUT2D eigenvalue weighted by Gasteiger charge is -2.04. The maximum Gasteiger partial charge on any atom is 0.122 e. The molecular formula is C9H14O2. The summed E-state index contributed by atoms with van der Waals surface area (Å²) in [5.74, 6) is 0.991. The van der Waals surface area contributed by atoms with Crippen LogP contribution in [0.4, 0.5) is 0 Å². The Balaban J connectivity index is 0.000001000. The minimum atomic E-state index is 0. The summed E-state index contributed by atoms with van der Waals surface area (Å²) in [5, 5.41) is 0. The van der Waals surface area contributed by atoms with Crippen molar-refractivity contribution in [1.29, 1.82) is 0 Å². The lowest BCUT2D eigenvalue weighted by molar-refractivity contribution is 0.338. The SMILES string of the molecule is CCOc1ccccc1C.O. The van der Waals surface area contributed by atoms with E-state index in [-0.39, 0.29) is 5.48 Å². The molecule has 0 unspecified atom stereocenters. The molecule has 0 aromatic heterocycles. The van der Waals surface area contributed by atoms with Crippen molar-refractivity contribution < 1.29 is 10.2 Å². The number of hydrogen-bond acceptors (Lipinski definition) is 1. The van der Waals surface area contributed by atoms with Gasteiger partial charge in [-0.3, -0.25) is 0 Å². The molecule has 0 amide bonds. The van der Waals surface area contributed by atoms with Gasteiger partial charge in [0.2, 0.25) is 0 Å². The van der Waals surface area contributed by atoms with Crippen LogP contribution >= 0.6 is 0 Å². The van der Waals surface area contributed by atoms with Crippen LogP contribution in [0.5, 0.6) is 5.75 Å². The molecule has 0 saturated carbocycles. The monoisotopic (exact) mass is 154 g/mol. The van der Waals surface area contributed by atoms with Crippen LogP contribution in [0.15, 0.2) is 24.3 Å². The van der Waals surface area contributed by atoms with Crippen molar-refractivity contribution in [1.82, 2.24) is 0 Å². The predicted molar refractivity (Wildman–Crippen MR) is 46.0 cm³/mol. The van der Waals surface area contributed by atoms with Gasteiger partial charge in [0.25, 0.3) is 0 Å². The minimum Gasteiger partial charge on any atom is -0.494 e. The largest absolute Gasteiger partial charge is 0.494 e. The maximum absolute atomic E-state index is 5.34. The molecule has 0 aliphatic carbocycles. The second-order valence-corrected chi connectivity index (χ2v) is 2.20. The van der Waals surface area contributed by atoms with E-state index in [1.165, 1.54) is 5.56 Å². The van der Waals surface area contributed by atoms with Gasteiger partial charge in [0.05, 0.1) is 6.61 Å². The lowest BCUT2D eigenvalue weighted by Crippen LogP contribution is -1.92. The summed E-state index contributed by atoms with van der Waals surface area (Å²) in [6.45, 7) is 4.78. The molecule has 2 heteroatoms. The van der Waals surface area contributed by atoms with Gasteiger partial charge in [-0.1, -0.05) is 18.2 Å². The highest BCUT2D eigenvalue weighted by atomic mass is 16.5. The van der Waals surface area contributed by atoms with Gasteiger partial charge in [-0.15, -0.1) is 0 Å². The molecule has 1 aromatic rings. The van der Waals surface area contributed by atoms with Crippen molar-refractivity contribution in [2.24, 2.45) is 0 Å². The number of rotatable bonds is 2. The first-order valence-electron chi connectivity index (χ1n) is 3.53. The van der Waals surface area contributed by atoms with Crippen LogP contribution in [0.2, 0.25) is 0 Å². The van der Waals surface area contributed by atoms with Crippen LogP contribution in [-0.4, -0.2) is 12.1 Å². The van der Waals surface area contributed by atoms with Crippen molar-refractivity contribution in [3.8, 4) is 5.75 Å². The third kappa shape index (κ3) is 2.60. The molecule has 0 bridgehead atoms. The zero-order chi connectivity index (χ0) is 7.40. The Hall–Kier alpha value is -1.02. The Labute approximate surface area is 67.1 Å². The maximum atomic E-state index is 5.34. The Morgan fingerprint density at radius 3 is 2.45 bits per heavy atom. The molecule has 0 heterocycles. The van der Waals surface area contributed by atoms with Crippen LogP contribution in [0.1, 0.15) is 12.5 Å². The fourth-order valence-electron chi connectivity index (χ4n) is 0.874. The number of ether oxygens (including phenoxy) is 1. The van der Waals surface area contributed by atoms with Gasteiger partial charge in [0.1, 0.15) is 5.75 Å². The van der Waals surface area contributed by atoms with E-state index in [9.17, 15) is 0 Å². The van der Waals surface area contributed by atoms with Crippen molar-refractivity contribution in [2.45, 2.75) is 13.8 Å². The van der Waals surface area contributed by atoms with E-state index in [2.05, 4.69) is 0 Å². The molecule has 2 N–H and O–H groups in total. The second-order valence-electron chi connectivity index (χ2n) is 2.20. The fraction of sp³-hybridized carbons (Fsp3) is 0.333. The quantitative estimate of drug-likeness (QED) is 0.637. The molecule has 0 aliphatic heterocycles. The highest BCUT2D eigenvalue weighted by Crippen LogP contribution is 2.15. The van der Waals surface area contributed by atoms with Crippen LogP contribution in [-0.2, 0) is 0 Å². The molecular weight excluding hydrogens is 140 g/mol. The number of benzene rings is 1. The molecule has 0 saturated heterocycles. The normalized spacial score (nSPS) is 8.55. The van der Waals surface area contributed by atoms with Gasteiger partial charge in [0.15, 0.2) is 0 Å². The first-order chi connectivity index (χ1) is 4.84. The molecule has 0 atom stereocenters. The average molecular weight is 154 g/mol. The summed E-state index contributed by atoms with van der Waals surface area (Å²) >= 11 is 0.